The summed E-state index contributed by atoms with van der Waals surface area (Å²) >= 11 is 3.88. The molecule has 4 atom stereocenters. The van der Waals surface area contributed by atoms with Gasteiger partial charge in [-0.1, -0.05) is 20.3 Å². The third kappa shape index (κ3) is 7.64. The fourth-order valence-corrected chi connectivity index (χ4v) is 1.95. The Morgan fingerprint density at radius 3 is 2.12 bits per heavy atom. The Hall–Kier alpha value is -1.81. The molecule has 0 spiro atoms. The molecule has 0 saturated heterocycles. The third-order valence-corrected chi connectivity index (χ3v) is 3.81. The van der Waals surface area contributed by atoms with Crippen LogP contribution in [0, 0.1) is 5.92 Å². The van der Waals surface area contributed by atoms with Gasteiger partial charge in [-0.25, -0.2) is 4.79 Å². The molecule has 24 heavy (non-hydrogen) atoms. The van der Waals surface area contributed by atoms with Crippen LogP contribution in [0.15, 0.2) is 0 Å². The lowest BCUT2D eigenvalue weighted by Crippen LogP contribution is -2.56. The summed E-state index contributed by atoms with van der Waals surface area (Å²) in [5.41, 5.74) is 5.37. The van der Waals surface area contributed by atoms with Crippen molar-refractivity contribution >= 4 is 36.3 Å². The quantitative estimate of drug-likeness (QED) is 0.260. The van der Waals surface area contributed by atoms with Gasteiger partial charge in [0, 0.05) is 5.75 Å². The number of carboxylic acid groups (broad SMARTS) is 1. The summed E-state index contributed by atoms with van der Waals surface area (Å²) in [6.45, 7) is 4.74. The van der Waals surface area contributed by atoms with Crippen molar-refractivity contribution < 1.29 is 24.3 Å². The highest BCUT2D eigenvalue weighted by Gasteiger charge is 2.29. The molecule has 6 N–H and O–H groups in total. The molecule has 0 radical (unpaired) electrons. The van der Waals surface area contributed by atoms with E-state index in [0.29, 0.717) is 6.42 Å². The van der Waals surface area contributed by atoms with Gasteiger partial charge >= 0.3 is 5.97 Å². The fourth-order valence-electron chi connectivity index (χ4n) is 1.70. The number of thiol groups is 1. The zero-order valence-corrected chi connectivity index (χ0v) is 14.9. The summed E-state index contributed by atoms with van der Waals surface area (Å²) in [6, 6.07) is -2.82. The van der Waals surface area contributed by atoms with E-state index in [0.717, 1.165) is 0 Å². The molecular formula is C14H26N4O5S. The normalized spacial score (nSPS) is 15.5. The smallest absolute Gasteiger partial charge is 0.327 e. The molecule has 0 aromatic carbocycles. The maximum Gasteiger partial charge on any atom is 0.327 e. The number of nitrogens with two attached hydrogens (primary N) is 1. The van der Waals surface area contributed by atoms with Gasteiger partial charge in [-0.3, -0.25) is 14.4 Å². The molecular weight excluding hydrogens is 336 g/mol. The second-order valence-corrected chi connectivity index (χ2v) is 5.88. The Morgan fingerprint density at radius 1 is 1.12 bits per heavy atom. The SMILES string of the molecule is CC[C@H](C)[C@H](NC(=O)CNC(=O)[C@H](C)N)C(=O)N[C@@H](CS)C(=O)O. The van der Waals surface area contributed by atoms with Crippen LogP contribution in [-0.4, -0.2) is 59.2 Å². The van der Waals surface area contributed by atoms with E-state index in [1.807, 2.05) is 6.92 Å². The monoisotopic (exact) mass is 362 g/mol. The summed E-state index contributed by atoms with van der Waals surface area (Å²) in [7, 11) is 0. The van der Waals surface area contributed by atoms with E-state index < -0.39 is 41.8 Å². The number of rotatable bonds is 10. The van der Waals surface area contributed by atoms with Crippen LogP contribution in [0.5, 0.6) is 0 Å². The zero-order valence-electron chi connectivity index (χ0n) is 14.0. The summed E-state index contributed by atoms with van der Waals surface area (Å²) < 4.78 is 0. The molecule has 0 aromatic heterocycles. The second-order valence-electron chi connectivity index (χ2n) is 5.52. The van der Waals surface area contributed by atoms with E-state index in [9.17, 15) is 19.2 Å². The van der Waals surface area contributed by atoms with Crippen LogP contribution >= 0.6 is 12.6 Å². The summed E-state index contributed by atoms with van der Waals surface area (Å²) in [4.78, 5) is 46.5. The topological polar surface area (TPSA) is 151 Å². The van der Waals surface area contributed by atoms with Crippen molar-refractivity contribution in [3.63, 3.8) is 0 Å². The number of aliphatic carboxylic acids is 1. The van der Waals surface area contributed by atoms with Crippen LogP contribution in [0.25, 0.3) is 0 Å². The van der Waals surface area contributed by atoms with E-state index in [1.54, 1.807) is 6.92 Å². The Morgan fingerprint density at radius 2 is 1.71 bits per heavy atom. The van der Waals surface area contributed by atoms with Gasteiger partial charge in [0.15, 0.2) is 0 Å². The minimum absolute atomic E-state index is 0.0767. The van der Waals surface area contributed by atoms with Crippen LogP contribution in [0.1, 0.15) is 27.2 Å². The zero-order chi connectivity index (χ0) is 18.9. The van der Waals surface area contributed by atoms with Crippen LogP contribution in [-0.2, 0) is 19.2 Å². The van der Waals surface area contributed by atoms with Crippen LogP contribution in [0.2, 0.25) is 0 Å². The highest BCUT2D eigenvalue weighted by atomic mass is 32.1. The highest BCUT2D eigenvalue weighted by molar-refractivity contribution is 7.80. The highest BCUT2D eigenvalue weighted by Crippen LogP contribution is 2.08. The van der Waals surface area contributed by atoms with Crippen molar-refractivity contribution in [1.82, 2.24) is 16.0 Å². The lowest BCUT2D eigenvalue weighted by molar-refractivity contribution is -0.141. The molecule has 0 unspecified atom stereocenters. The largest absolute Gasteiger partial charge is 0.480 e. The third-order valence-electron chi connectivity index (χ3n) is 3.45. The molecule has 0 aliphatic carbocycles. The van der Waals surface area contributed by atoms with Crippen LogP contribution < -0.4 is 21.7 Å². The lowest BCUT2D eigenvalue weighted by Gasteiger charge is -2.25. The summed E-state index contributed by atoms with van der Waals surface area (Å²) in [5.74, 6) is -3.19. The maximum atomic E-state index is 12.3. The maximum absolute atomic E-state index is 12.3. The van der Waals surface area contributed by atoms with Crippen LogP contribution in [0.4, 0.5) is 0 Å². The average molecular weight is 362 g/mol. The van der Waals surface area contributed by atoms with Gasteiger partial charge in [0.1, 0.15) is 12.1 Å². The average Bonchev–Trinajstić information content (AvgIpc) is 2.53. The Balaban J connectivity index is 4.83. The van der Waals surface area contributed by atoms with Crippen molar-refractivity contribution in [3.8, 4) is 0 Å². The van der Waals surface area contributed by atoms with Crippen molar-refractivity contribution in [2.24, 2.45) is 11.7 Å². The number of carbonyl (C=O) groups is 4. The van der Waals surface area contributed by atoms with Gasteiger partial charge in [-0.05, 0) is 12.8 Å². The van der Waals surface area contributed by atoms with Crippen molar-refractivity contribution in [1.29, 1.82) is 0 Å². The molecule has 0 rings (SSSR count). The van der Waals surface area contributed by atoms with Gasteiger partial charge in [-0.2, -0.15) is 12.6 Å². The van der Waals surface area contributed by atoms with Crippen LogP contribution in [0.3, 0.4) is 0 Å². The first-order valence-electron chi connectivity index (χ1n) is 7.60. The number of amides is 3. The van der Waals surface area contributed by atoms with Gasteiger partial charge in [0.25, 0.3) is 0 Å². The van der Waals surface area contributed by atoms with Crippen molar-refractivity contribution in [2.75, 3.05) is 12.3 Å². The van der Waals surface area contributed by atoms with Gasteiger partial charge < -0.3 is 26.8 Å². The lowest BCUT2D eigenvalue weighted by atomic mass is 9.98. The predicted octanol–water partition coefficient (Wildman–Crippen LogP) is -1.52. The number of hydrogen-bond acceptors (Lipinski definition) is 6. The Kier molecular flexibility index (Phi) is 10.0. The number of carbonyl (C=O) groups excluding carboxylic acids is 3. The molecule has 0 aliphatic rings. The first kappa shape index (κ1) is 22.2. The summed E-state index contributed by atoms with van der Waals surface area (Å²) in [5, 5.41) is 16.1. The van der Waals surface area contributed by atoms with Crippen molar-refractivity contribution in [2.45, 2.75) is 45.3 Å². The van der Waals surface area contributed by atoms with E-state index in [1.165, 1.54) is 6.92 Å². The molecule has 9 nitrogen and oxygen atoms in total. The van der Waals surface area contributed by atoms with Gasteiger partial charge in [0.2, 0.25) is 17.7 Å². The second kappa shape index (κ2) is 10.9. The molecule has 0 aromatic rings. The van der Waals surface area contributed by atoms with E-state index >= 15 is 0 Å². The first-order valence-corrected chi connectivity index (χ1v) is 8.23. The molecule has 0 bridgehead atoms. The Bertz CT molecular complexity index is 472. The van der Waals surface area contributed by atoms with E-state index in [4.69, 9.17) is 10.8 Å². The van der Waals surface area contributed by atoms with Gasteiger partial charge in [0.05, 0.1) is 12.6 Å². The number of carboxylic acids is 1. The standard InChI is InChI=1S/C14H26N4O5S/c1-4-7(2)11(13(21)17-9(6-24)14(22)23)18-10(19)5-16-12(20)8(3)15/h7-9,11,24H,4-6,15H2,1-3H3,(H,16,20)(H,17,21)(H,18,19)(H,22,23)/t7-,8-,9-,11-/m0/s1. The Labute approximate surface area is 146 Å². The molecule has 138 valence electrons. The molecule has 0 fully saturated rings. The number of hydrogen-bond donors (Lipinski definition) is 6. The fraction of sp³-hybridized carbons (Fsp3) is 0.714. The van der Waals surface area contributed by atoms with Gasteiger partial charge in [-0.15, -0.1) is 0 Å². The minimum Gasteiger partial charge on any atom is -0.480 e. The van der Waals surface area contributed by atoms with Crippen molar-refractivity contribution in [3.05, 3.63) is 0 Å². The minimum atomic E-state index is -1.21. The molecule has 0 aliphatic heterocycles. The van der Waals surface area contributed by atoms with E-state index in [-0.39, 0.29) is 18.2 Å². The summed E-state index contributed by atoms with van der Waals surface area (Å²) in [6.07, 6.45) is 0.586. The first-order chi connectivity index (χ1) is 11.1. The number of nitrogens with one attached hydrogen (secondary N) is 3. The molecule has 10 heteroatoms. The van der Waals surface area contributed by atoms with E-state index in [2.05, 4.69) is 28.6 Å². The molecule has 0 heterocycles. The molecule has 3 amide bonds. The molecule has 0 saturated carbocycles. The predicted molar refractivity (Wildman–Crippen MR) is 91.5 cm³/mol.